The van der Waals surface area contributed by atoms with Gasteiger partial charge in [0, 0.05) is 113 Å². The molecule has 0 atom stereocenters. The predicted octanol–water partition coefficient (Wildman–Crippen LogP) is 7.25. The summed E-state index contributed by atoms with van der Waals surface area (Å²) in [4.78, 5) is 83.6. The number of imidazole rings is 2. The van der Waals surface area contributed by atoms with Crippen LogP contribution in [-0.4, -0.2) is 123 Å². The number of nitrogens with two attached hydrogens (primary N) is 2. The minimum atomic E-state index is -6.09. The molecule has 5 N–H and O–H groups in total. The van der Waals surface area contributed by atoms with Gasteiger partial charge in [0.15, 0.2) is 16.4 Å². The number of nitrogen functional groups attached to an aromatic ring is 2. The summed E-state index contributed by atoms with van der Waals surface area (Å²) in [7, 11) is -7.78. The van der Waals surface area contributed by atoms with Gasteiger partial charge in [0.05, 0.1) is 72.5 Å². The summed E-state index contributed by atoms with van der Waals surface area (Å²) >= 11 is -5.94. The number of nitrogens with one attached hydrogen (secondary N) is 1. The molecular weight excluding hydrogens is 2050 g/mol. The van der Waals surface area contributed by atoms with E-state index in [-0.39, 0.29) is 78.2 Å². The van der Waals surface area contributed by atoms with Crippen molar-refractivity contribution in [1.29, 1.82) is 0 Å². The fourth-order valence-corrected chi connectivity index (χ4v) is 16.0. The second-order valence-electron chi connectivity index (χ2n) is 30.3. The Hall–Kier alpha value is -15.7. The van der Waals surface area contributed by atoms with Crippen LogP contribution in [0.25, 0.3) is 71.5 Å². The van der Waals surface area contributed by atoms with Gasteiger partial charge in [-0.2, -0.15) is 34.0 Å². The molecule has 0 aliphatic carbocycles. The summed E-state index contributed by atoms with van der Waals surface area (Å²) in [5.41, 5.74) is 18.6. The molecule has 0 saturated carbocycles. The predicted molar refractivity (Wildman–Crippen MR) is 521 cm³/mol. The maximum atomic E-state index is 12.6. The second kappa shape index (κ2) is 52.1. The van der Waals surface area contributed by atoms with Crippen LogP contribution in [0.5, 0.6) is 0 Å². The third-order valence-corrected chi connectivity index (χ3v) is 23.7. The number of alkyl halides is 3. The number of nitrogens with zero attached hydrogens (tertiary/aromatic N) is 16. The zero-order valence-electron chi connectivity index (χ0n) is 76.8. The van der Waals surface area contributed by atoms with Gasteiger partial charge < -0.3 is 20.9 Å². The SMILES string of the molecule is CN(C)/C=C/c1ccc2cccnc2c1[N+](=O)[O-].C[n+]1ccn(S(=O)(=O)n2ccnc2)c1.Cc1ccc2cccnc2c1[N+](=O)[O-].Nc1c(CCc2ccccc2)ccc2cccnc12.Nc1ccccc1.O=Cc1ccc2cccnc2c1[N+](=O)[O-].O=S(=O)([O-])C(F)(F)F.O=S1(=O)Nc2c(ccc3cccnc23)CN1c1ccccc1.O=[N+]([O-])c1c(CCc2ccccc2)ccc2cccnc12.[Na+].[O-][I+3]([O-])([O-])[O-]. The van der Waals surface area contributed by atoms with Crippen LogP contribution in [0.1, 0.15) is 49.3 Å². The van der Waals surface area contributed by atoms with Crippen LogP contribution < -0.4 is 88.5 Å². The average Bonchev–Trinajstić information content (AvgIpc) is 0.909. The number of aromatic nitrogens is 10. The monoisotopic (exact) mass is 2140 g/mol. The van der Waals surface area contributed by atoms with Crippen molar-refractivity contribution in [1.82, 2.24) is 47.7 Å². The molecule has 0 bridgehead atoms. The molecule has 9 heterocycles. The van der Waals surface area contributed by atoms with Crippen molar-refractivity contribution in [2.45, 2.75) is 44.7 Å². The molecule has 19 rings (SSSR count). The van der Waals surface area contributed by atoms with E-state index in [9.17, 15) is 75.3 Å². The van der Waals surface area contributed by atoms with E-state index in [1.54, 1.807) is 129 Å². The first kappa shape index (κ1) is 112. The number of carbonyl (C=O) groups is 1. The first-order valence-corrected chi connectivity index (χ1v) is 49.8. The zero-order chi connectivity index (χ0) is 104. The molecule has 0 saturated heterocycles. The number of hydrogen-bond acceptors (Lipinski definition) is 30. The van der Waals surface area contributed by atoms with E-state index in [4.69, 9.17) is 38.2 Å². The molecule has 47 heteroatoms. The molecule has 8 aromatic heterocycles. The Bertz CT molecular complexity index is 7890. The largest absolute Gasteiger partial charge is 1.00 e. The maximum Gasteiger partial charge on any atom is 1.00 e. The number of para-hydroxylation sites is 2. The maximum absolute atomic E-state index is 12.6. The number of anilines is 4. The molecule has 0 fully saturated rings. The van der Waals surface area contributed by atoms with Crippen molar-refractivity contribution in [3.05, 3.63) is 433 Å². The third kappa shape index (κ3) is 31.9. The number of carbonyl (C=O) groups excluding carboxylic acids is 1. The van der Waals surface area contributed by atoms with E-state index < -0.39 is 61.1 Å². The number of hydrogen-bond donors (Lipinski definition) is 3. The molecule has 0 unspecified atom stereocenters. The molecule has 1 aliphatic rings. The van der Waals surface area contributed by atoms with E-state index in [0.29, 0.717) is 69.2 Å². The van der Waals surface area contributed by atoms with Crippen LogP contribution in [0, 0.1) is 47.4 Å². The first-order chi connectivity index (χ1) is 68.0. The van der Waals surface area contributed by atoms with E-state index >= 15 is 0 Å². The van der Waals surface area contributed by atoms with Crippen LogP contribution in [0.2, 0.25) is 0 Å². The number of fused-ring (bicyclic) bond motifs is 8. The van der Waals surface area contributed by atoms with Crippen molar-refractivity contribution in [2.24, 2.45) is 7.05 Å². The number of aldehydes is 1. The fraction of sp³-hybridized carbons (Fsp3) is 0.103. The normalized spacial score (nSPS) is 11.6. The number of nitro benzene ring substituents is 4. The van der Waals surface area contributed by atoms with Gasteiger partial charge in [0.25, 0.3) is 17.7 Å². The van der Waals surface area contributed by atoms with Gasteiger partial charge in [-0.3, -0.25) is 73.7 Å². The molecule has 0 amide bonds. The molecule has 736 valence electrons. The Kier molecular flexibility index (Phi) is 40.5. The quantitative estimate of drug-likeness (QED) is 0.00986. The van der Waals surface area contributed by atoms with Crippen molar-refractivity contribution >= 4 is 154 Å². The topological polar surface area (TPSA) is 582 Å². The summed E-state index contributed by atoms with van der Waals surface area (Å²) in [6.07, 6.45) is 25.6. The molecule has 39 nitrogen and oxygen atoms in total. The summed E-state index contributed by atoms with van der Waals surface area (Å²) in [5.74, 6) is 0. The van der Waals surface area contributed by atoms with Gasteiger partial charge in [-0.1, -0.05) is 194 Å². The van der Waals surface area contributed by atoms with Gasteiger partial charge in [-0.05, 0) is 140 Å². The van der Waals surface area contributed by atoms with E-state index in [2.05, 4.69) is 76.0 Å². The van der Waals surface area contributed by atoms with Gasteiger partial charge in [-0.15, -0.1) is 3.97 Å². The Morgan fingerprint density at radius 3 is 1.28 bits per heavy atom. The fourth-order valence-electron chi connectivity index (χ4n) is 13.6. The zero-order valence-corrected chi connectivity index (χ0v) is 83.4. The molecule has 1 aliphatic heterocycles. The van der Waals surface area contributed by atoms with Gasteiger partial charge >= 0.3 is 66.9 Å². The number of aryl methyl sites for hydroxylation is 6. The number of benzene rings is 10. The van der Waals surface area contributed by atoms with Crippen LogP contribution >= 0.6 is 0 Å². The Balaban J connectivity index is 0.000000182. The van der Waals surface area contributed by atoms with Crippen LogP contribution in [-0.2, 0) is 69.8 Å². The van der Waals surface area contributed by atoms with Crippen LogP contribution in [0.15, 0.2) is 348 Å². The molecule has 0 radical (unpaired) electrons. The summed E-state index contributed by atoms with van der Waals surface area (Å²) < 4.78 is 150. The van der Waals surface area contributed by atoms with Gasteiger partial charge in [-0.25, -0.2) is 42.2 Å². The number of pyridine rings is 6. The summed E-state index contributed by atoms with van der Waals surface area (Å²) in [6, 6.07) is 83.0. The summed E-state index contributed by atoms with van der Waals surface area (Å²) in [6.45, 7) is 2.01. The van der Waals surface area contributed by atoms with E-state index in [1.165, 1.54) is 64.5 Å². The van der Waals surface area contributed by atoms with Crippen molar-refractivity contribution in [2.75, 3.05) is 34.6 Å². The third-order valence-electron chi connectivity index (χ3n) is 20.3. The van der Waals surface area contributed by atoms with E-state index in [0.717, 1.165) is 82.2 Å². The molecule has 144 heavy (non-hydrogen) atoms. The van der Waals surface area contributed by atoms with Gasteiger partial charge in [0.1, 0.15) is 60.9 Å². The first-order valence-electron chi connectivity index (χ1n) is 42.0. The Labute approximate surface area is 849 Å². The summed E-state index contributed by atoms with van der Waals surface area (Å²) in [5, 5.41) is 49.2. The molecule has 0 spiro atoms. The Morgan fingerprint density at radius 2 is 0.868 bits per heavy atom. The van der Waals surface area contributed by atoms with Crippen LogP contribution in [0.3, 0.4) is 0 Å². The second-order valence-corrected chi connectivity index (χ2v) is 37.2. The minimum Gasteiger partial charge on any atom is -0.741 e. The van der Waals surface area contributed by atoms with Crippen molar-refractivity contribution in [3.8, 4) is 0 Å². The molecular formula is C97H86F3IN19NaO20S3. The van der Waals surface area contributed by atoms with Crippen molar-refractivity contribution < 1.29 is 135 Å². The average molecular weight is 2140 g/mol. The van der Waals surface area contributed by atoms with Crippen molar-refractivity contribution in [3.63, 3.8) is 0 Å². The number of halogens is 4. The number of rotatable bonds is 16. The Morgan fingerprint density at radius 1 is 0.486 bits per heavy atom. The van der Waals surface area contributed by atoms with Crippen LogP contribution in [0.4, 0.5) is 58.7 Å². The van der Waals surface area contributed by atoms with E-state index in [1.807, 2.05) is 183 Å². The number of nitro groups is 4. The minimum absolute atomic E-state index is 0. The molecule has 10 aromatic carbocycles. The van der Waals surface area contributed by atoms with Gasteiger partial charge in [0.2, 0.25) is 0 Å². The smallest absolute Gasteiger partial charge is 0.741 e. The standard InChI is InChI=1S/C17H14N2O2.C17H16N2.C16H13N3O2S.C13H13N3O2.C10H6N2O3.C10H8N2O2.C7H9N4O2S.C6H7N.CHF3O3S.IO4.Na/c20-19(21)17-15(9-8-13-5-2-1-3-6-13)11-10-14-7-4-12-18-16(14)17;18-16-14(9-8-13-5-2-1-3-6-13)10-11-15-7-4-12-19-17(15)16;20-22(21)18-16-13(9-8-12-5-4-10-17-15(12)16)11-19(22)14-6-2-1-3-7-14;1-15(2)9-7-11-6-5-10-4-3-8-14-12(10)13(11)16(17)18;13-6-8-4-3-7-2-1-5-11-9(7)10(8)12(14)15;1-7-4-5-8-3-2-6-11-9(8)10(7)12(13)14;1-9-4-5-11(7-9)14(12,13)10-3-2-8-6-10;7-6-4-2-1-3-5-6;2-1(3,4)8(5,6)7;2-1(3,4)5;/h1-7,10-12H,8-9H2;1-7,10-12H,8-9,18H2;1-10,18H,11H2;3-9H,1-2H3;1-6H;2-6H,1H3;2-7H,1H3;1-5H,7H2;(H,5,6,7);;/q;;;;;;+1;;;-1;+1/p-1/b;;;9-7+;;;;;;;. The molecule has 18 aromatic rings.